The van der Waals surface area contributed by atoms with Crippen molar-refractivity contribution in [2.45, 2.75) is 45.7 Å². The topological polar surface area (TPSA) is 82.2 Å². The molecule has 29 heavy (non-hydrogen) atoms. The molecule has 6 heteroatoms. The van der Waals surface area contributed by atoms with Gasteiger partial charge in [-0.15, -0.1) is 11.3 Å². The largest absolute Gasteiger partial charge is 0.368 e. The average molecular weight is 411 g/mol. The minimum atomic E-state index is -0.492. The number of thiophene rings is 1. The highest BCUT2D eigenvalue weighted by molar-refractivity contribution is 7.08. The maximum atomic E-state index is 12.2. The van der Waals surface area contributed by atoms with Crippen LogP contribution >= 0.6 is 11.3 Å². The normalized spacial score (nSPS) is 14.6. The molecule has 0 unspecified atom stereocenters. The van der Waals surface area contributed by atoms with E-state index < -0.39 is 6.04 Å². The molecular weight excluding hydrogens is 380 g/mol. The second kappa shape index (κ2) is 9.91. The Labute approximate surface area is 177 Å². The van der Waals surface area contributed by atoms with E-state index in [-0.39, 0.29) is 12.5 Å². The van der Waals surface area contributed by atoms with Gasteiger partial charge in [0.1, 0.15) is 12.6 Å². The van der Waals surface area contributed by atoms with Crippen LogP contribution in [0.15, 0.2) is 35.0 Å². The molecule has 0 saturated heterocycles. The number of primary amides is 1. The van der Waals surface area contributed by atoms with Crippen molar-refractivity contribution in [3.63, 3.8) is 0 Å². The zero-order chi connectivity index (χ0) is 20.8. The van der Waals surface area contributed by atoms with Gasteiger partial charge in [0.15, 0.2) is 0 Å². The second-order valence-corrected chi connectivity index (χ2v) is 9.02. The number of nitriles is 1. The van der Waals surface area contributed by atoms with Gasteiger partial charge in [0.25, 0.3) is 0 Å². The number of hydrogen-bond acceptors (Lipinski definition) is 5. The molecule has 1 saturated carbocycles. The Kier molecular flexibility index (Phi) is 7.29. The van der Waals surface area contributed by atoms with E-state index in [1.807, 2.05) is 10.3 Å². The van der Waals surface area contributed by atoms with Crippen LogP contribution in [-0.4, -0.2) is 25.0 Å². The van der Waals surface area contributed by atoms with Crippen LogP contribution in [0.1, 0.15) is 38.7 Å². The van der Waals surface area contributed by atoms with Gasteiger partial charge in [-0.25, -0.2) is 0 Å². The van der Waals surface area contributed by atoms with E-state index in [2.05, 4.69) is 54.9 Å². The Morgan fingerprint density at radius 3 is 2.62 bits per heavy atom. The smallest absolute Gasteiger partial charge is 0.240 e. The van der Waals surface area contributed by atoms with Crippen LogP contribution in [0.25, 0.3) is 11.1 Å². The van der Waals surface area contributed by atoms with Crippen molar-refractivity contribution in [1.82, 2.24) is 5.32 Å². The first-order valence-electron chi connectivity index (χ1n) is 10.3. The van der Waals surface area contributed by atoms with E-state index >= 15 is 0 Å². The van der Waals surface area contributed by atoms with E-state index in [4.69, 9.17) is 5.73 Å². The van der Waals surface area contributed by atoms with Crippen molar-refractivity contribution >= 4 is 22.9 Å². The lowest BCUT2D eigenvalue weighted by Crippen LogP contribution is -2.46. The fourth-order valence-electron chi connectivity index (χ4n) is 3.56. The lowest BCUT2D eigenvalue weighted by molar-refractivity contribution is -0.119. The Morgan fingerprint density at radius 1 is 1.31 bits per heavy atom. The Morgan fingerprint density at radius 2 is 2.03 bits per heavy atom. The monoisotopic (exact) mass is 410 g/mol. The molecule has 1 aliphatic rings. The average Bonchev–Trinajstić information content (AvgIpc) is 3.38. The van der Waals surface area contributed by atoms with Gasteiger partial charge in [-0.3, -0.25) is 4.79 Å². The van der Waals surface area contributed by atoms with Crippen molar-refractivity contribution < 1.29 is 4.79 Å². The fourth-order valence-corrected chi connectivity index (χ4v) is 4.41. The lowest BCUT2D eigenvalue weighted by Gasteiger charge is -2.31. The van der Waals surface area contributed by atoms with Gasteiger partial charge in [0.2, 0.25) is 5.91 Å². The number of nitrogens with zero attached hydrogens (tertiary/aromatic N) is 2. The highest BCUT2D eigenvalue weighted by atomic mass is 32.1. The summed E-state index contributed by atoms with van der Waals surface area (Å²) < 4.78 is 0. The van der Waals surface area contributed by atoms with Gasteiger partial charge < -0.3 is 16.0 Å². The summed E-state index contributed by atoms with van der Waals surface area (Å²) in [5.74, 6) is 0.791. The number of nitrogens with one attached hydrogen (secondary N) is 1. The van der Waals surface area contributed by atoms with Crippen LogP contribution < -0.4 is 16.0 Å². The number of amides is 1. The van der Waals surface area contributed by atoms with Gasteiger partial charge in [0, 0.05) is 22.9 Å². The van der Waals surface area contributed by atoms with E-state index in [0.29, 0.717) is 12.3 Å². The summed E-state index contributed by atoms with van der Waals surface area (Å²) in [7, 11) is 0. The number of rotatable bonds is 11. The van der Waals surface area contributed by atoms with Gasteiger partial charge in [0.05, 0.1) is 11.8 Å². The molecule has 154 valence electrons. The summed E-state index contributed by atoms with van der Waals surface area (Å²) in [6.45, 7) is 6.24. The second-order valence-electron chi connectivity index (χ2n) is 8.28. The summed E-state index contributed by atoms with van der Waals surface area (Å²) >= 11 is 1.58. The summed E-state index contributed by atoms with van der Waals surface area (Å²) in [4.78, 5) is 14.0. The summed E-state index contributed by atoms with van der Waals surface area (Å²) in [6, 6.07) is 10.2. The quantitative estimate of drug-likeness (QED) is 0.545. The predicted octanol–water partition coefficient (Wildman–Crippen LogP) is 4.14. The zero-order valence-electron chi connectivity index (χ0n) is 17.2. The van der Waals surface area contributed by atoms with Crippen LogP contribution in [0.4, 0.5) is 5.69 Å². The number of carbonyl (C=O) groups is 1. The molecule has 1 aromatic heterocycles. The first-order chi connectivity index (χ1) is 14.0. The van der Waals surface area contributed by atoms with Crippen molar-refractivity contribution in [3.8, 4) is 17.2 Å². The van der Waals surface area contributed by atoms with Crippen molar-refractivity contribution in [1.29, 1.82) is 5.26 Å². The lowest BCUT2D eigenvalue weighted by atomic mass is 9.99. The number of hydrogen-bond donors (Lipinski definition) is 2. The zero-order valence-corrected chi connectivity index (χ0v) is 18.0. The first kappa shape index (κ1) is 21.4. The highest BCUT2D eigenvalue weighted by Gasteiger charge is 2.27. The number of carbonyl (C=O) groups excluding carboxylic acids is 1. The molecule has 1 aliphatic carbocycles. The van der Waals surface area contributed by atoms with E-state index in [0.717, 1.165) is 35.8 Å². The minimum absolute atomic E-state index is 0.132. The molecule has 1 atom stereocenters. The minimum Gasteiger partial charge on any atom is -0.368 e. The van der Waals surface area contributed by atoms with Crippen molar-refractivity contribution in [2.75, 3.05) is 18.0 Å². The fraction of sp³-hybridized carbons (Fsp3) is 0.478. The third kappa shape index (κ3) is 5.81. The Bertz CT molecular complexity index is 849. The Balaban J connectivity index is 1.79. The molecule has 1 fully saturated rings. The standard InChI is InChI=1S/C23H30N4OS/c1-16(2)11-21(23(25)28)27(10-9-24)22-15-29-14-20(22)19-7-5-18(6-8-19)13-26-12-17-3-4-17/h5-8,14-17,21,26H,3-4,10-13H2,1-2H3,(H2,25,28)/t21-/m0/s1. The number of benzene rings is 1. The Hall–Kier alpha value is -2.36. The molecule has 0 spiro atoms. The van der Waals surface area contributed by atoms with Gasteiger partial charge >= 0.3 is 0 Å². The molecule has 0 bridgehead atoms. The molecule has 1 heterocycles. The highest BCUT2D eigenvalue weighted by Crippen LogP contribution is 2.36. The maximum Gasteiger partial charge on any atom is 0.240 e. The van der Waals surface area contributed by atoms with E-state index in [9.17, 15) is 10.1 Å². The van der Waals surface area contributed by atoms with Crippen LogP contribution in [0.3, 0.4) is 0 Å². The van der Waals surface area contributed by atoms with Crippen LogP contribution in [0.2, 0.25) is 0 Å². The van der Waals surface area contributed by atoms with Crippen LogP contribution in [0.5, 0.6) is 0 Å². The molecule has 5 nitrogen and oxygen atoms in total. The van der Waals surface area contributed by atoms with E-state index in [1.54, 1.807) is 11.3 Å². The summed E-state index contributed by atoms with van der Waals surface area (Å²) in [5, 5.41) is 17.0. The van der Waals surface area contributed by atoms with Crippen LogP contribution in [0, 0.1) is 23.2 Å². The third-order valence-corrected chi connectivity index (χ3v) is 6.05. The van der Waals surface area contributed by atoms with Crippen LogP contribution in [-0.2, 0) is 11.3 Å². The first-order valence-corrected chi connectivity index (χ1v) is 11.2. The SMILES string of the molecule is CC(C)C[C@@H](C(N)=O)N(CC#N)c1cscc1-c1ccc(CNCC2CC2)cc1. The molecule has 3 rings (SSSR count). The molecule has 1 aromatic carbocycles. The van der Waals surface area contributed by atoms with Gasteiger partial charge in [-0.05, 0) is 48.8 Å². The summed E-state index contributed by atoms with van der Waals surface area (Å²) in [5.41, 5.74) is 10.00. The maximum absolute atomic E-state index is 12.2. The molecule has 0 radical (unpaired) electrons. The number of anilines is 1. The third-order valence-electron chi connectivity index (χ3n) is 5.32. The molecule has 0 aliphatic heterocycles. The molecule has 1 amide bonds. The van der Waals surface area contributed by atoms with Gasteiger partial charge in [-0.1, -0.05) is 38.1 Å². The van der Waals surface area contributed by atoms with Crippen molar-refractivity contribution in [3.05, 3.63) is 40.6 Å². The molecule has 2 aromatic rings. The predicted molar refractivity (Wildman–Crippen MR) is 120 cm³/mol. The van der Waals surface area contributed by atoms with Crippen molar-refractivity contribution in [2.24, 2.45) is 17.6 Å². The molecule has 3 N–H and O–H groups in total. The summed E-state index contributed by atoms with van der Waals surface area (Å²) in [6.07, 6.45) is 3.34. The van der Waals surface area contributed by atoms with E-state index in [1.165, 1.54) is 18.4 Å². The number of nitrogens with two attached hydrogens (primary N) is 1. The molecular formula is C23H30N4OS. The van der Waals surface area contributed by atoms with Gasteiger partial charge in [-0.2, -0.15) is 5.26 Å².